The van der Waals surface area contributed by atoms with Crippen molar-refractivity contribution < 1.29 is 23.8 Å². The van der Waals surface area contributed by atoms with E-state index in [1.54, 1.807) is 14.0 Å². The fourth-order valence-corrected chi connectivity index (χ4v) is 1.47. The summed E-state index contributed by atoms with van der Waals surface area (Å²) in [5.41, 5.74) is -0.512. The van der Waals surface area contributed by atoms with Gasteiger partial charge in [0.15, 0.2) is 0 Å². The first-order valence-corrected chi connectivity index (χ1v) is 5.21. The minimum Gasteiger partial charge on any atom is -0.459 e. The Morgan fingerprint density at radius 1 is 1.50 bits per heavy atom. The molecule has 0 bridgehead atoms. The SMILES string of the molecule is CCOC(=O)C(=O)NCC1(OC)CCOC1. The van der Waals surface area contributed by atoms with Gasteiger partial charge in [0.2, 0.25) is 0 Å². The molecule has 16 heavy (non-hydrogen) atoms. The summed E-state index contributed by atoms with van der Waals surface area (Å²) in [6, 6.07) is 0. The lowest BCUT2D eigenvalue weighted by Crippen LogP contribution is -2.47. The zero-order chi connectivity index (χ0) is 12.0. The topological polar surface area (TPSA) is 73.9 Å². The van der Waals surface area contributed by atoms with E-state index in [9.17, 15) is 9.59 Å². The standard InChI is InChI=1S/C10H17NO5/c1-3-16-9(13)8(12)11-6-10(14-2)4-5-15-7-10/h3-7H2,1-2H3,(H,11,12). The van der Waals surface area contributed by atoms with E-state index >= 15 is 0 Å². The van der Waals surface area contributed by atoms with Gasteiger partial charge in [0, 0.05) is 26.7 Å². The van der Waals surface area contributed by atoms with E-state index in [1.807, 2.05) is 0 Å². The highest BCUT2D eigenvalue weighted by molar-refractivity contribution is 6.32. The van der Waals surface area contributed by atoms with Crippen LogP contribution in [0.1, 0.15) is 13.3 Å². The van der Waals surface area contributed by atoms with Gasteiger partial charge >= 0.3 is 11.9 Å². The Balaban J connectivity index is 2.38. The molecule has 1 heterocycles. The first kappa shape index (κ1) is 12.9. The molecule has 1 amide bonds. The summed E-state index contributed by atoms with van der Waals surface area (Å²) in [4.78, 5) is 22.3. The molecule has 1 aliphatic heterocycles. The largest absolute Gasteiger partial charge is 0.459 e. The van der Waals surface area contributed by atoms with Gasteiger partial charge in [0.25, 0.3) is 0 Å². The highest BCUT2D eigenvalue weighted by Crippen LogP contribution is 2.21. The summed E-state index contributed by atoms with van der Waals surface area (Å²) in [6.45, 7) is 3.11. The monoisotopic (exact) mass is 231 g/mol. The van der Waals surface area contributed by atoms with Crippen molar-refractivity contribution in [2.24, 2.45) is 0 Å². The Morgan fingerprint density at radius 3 is 2.75 bits per heavy atom. The minimum absolute atomic E-state index is 0.185. The first-order chi connectivity index (χ1) is 7.63. The summed E-state index contributed by atoms with van der Waals surface area (Å²) in [5, 5.41) is 2.48. The molecule has 1 atom stereocenters. The van der Waals surface area contributed by atoms with Gasteiger partial charge in [-0.3, -0.25) is 4.79 Å². The van der Waals surface area contributed by atoms with Gasteiger partial charge in [-0.25, -0.2) is 4.79 Å². The number of methoxy groups -OCH3 is 1. The molecule has 1 saturated heterocycles. The van der Waals surface area contributed by atoms with Crippen LogP contribution in [-0.4, -0.2) is 51.0 Å². The van der Waals surface area contributed by atoms with E-state index in [-0.39, 0.29) is 13.2 Å². The molecule has 0 aromatic carbocycles. The quantitative estimate of drug-likeness (QED) is 0.520. The van der Waals surface area contributed by atoms with Gasteiger partial charge in [0.05, 0.1) is 13.2 Å². The second-order valence-electron chi connectivity index (χ2n) is 3.59. The van der Waals surface area contributed by atoms with E-state index < -0.39 is 17.5 Å². The molecule has 0 aromatic rings. The molecule has 0 saturated carbocycles. The predicted octanol–water partition coefficient (Wildman–Crippen LogP) is -0.529. The third-order valence-electron chi connectivity index (χ3n) is 2.53. The fourth-order valence-electron chi connectivity index (χ4n) is 1.47. The lowest BCUT2D eigenvalue weighted by molar-refractivity contribution is -0.155. The van der Waals surface area contributed by atoms with Crippen LogP contribution in [0.4, 0.5) is 0 Å². The molecular weight excluding hydrogens is 214 g/mol. The van der Waals surface area contributed by atoms with Crippen LogP contribution >= 0.6 is 0 Å². The van der Waals surface area contributed by atoms with Gasteiger partial charge in [0.1, 0.15) is 5.60 Å². The van der Waals surface area contributed by atoms with Gasteiger partial charge < -0.3 is 19.5 Å². The van der Waals surface area contributed by atoms with Crippen LogP contribution in [0.15, 0.2) is 0 Å². The van der Waals surface area contributed by atoms with E-state index in [0.29, 0.717) is 19.6 Å². The average Bonchev–Trinajstić information content (AvgIpc) is 2.75. The van der Waals surface area contributed by atoms with Gasteiger partial charge in [-0.05, 0) is 6.92 Å². The lowest BCUT2D eigenvalue weighted by Gasteiger charge is -2.25. The Labute approximate surface area is 94.2 Å². The van der Waals surface area contributed by atoms with E-state index in [4.69, 9.17) is 9.47 Å². The molecule has 92 valence electrons. The summed E-state index contributed by atoms with van der Waals surface area (Å²) < 4.78 is 15.1. The van der Waals surface area contributed by atoms with Crippen molar-refractivity contribution in [3.8, 4) is 0 Å². The van der Waals surface area contributed by atoms with E-state index in [1.165, 1.54) is 0 Å². The van der Waals surface area contributed by atoms with Gasteiger partial charge in [-0.15, -0.1) is 0 Å². The van der Waals surface area contributed by atoms with Crippen LogP contribution in [0.3, 0.4) is 0 Å². The number of carbonyl (C=O) groups excluding carboxylic acids is 2. The maximum Gasteiger partial charge on any atom is 0.396 e. The van der Waals surface area contributed by atoms with Crippen molar-refractivity contribution in [1.29, 1.82) is 0 Å². The second kappa shape index (κ2) is 5.81. The third-order valence-corrected chi connectivity index (χ3v) is 2.53. The van der Waals surface area contributed by atoms with Crippen molar-refractivity contribution in [3.05, 3.63) is 0 Å². The Bertz CT molecular complexity index is 260. The number of rotatable bonds is 4. The fraction of sp³-hybridized carbons (Fsp3) is 0.800. The molecule has 1 rings (SSSR count). The van der Waals surface area contributed by atoms with Crippen molar-refractivity contribution in [2.45, 2.75) is 18.9 Å². The summed E-state index contributed by atoms with van der Waals surface area (Å²) in [5.74, 6) is -1.61. The average molecular weight is 231 g/mol. The predicted molar refractivity (Wildman–Crippen MR) is 54.8 cm³/mol. The molecule has 0 spiro atoms. The number of esters is 1. The maximum atomic E-state index is 11.3. The molecule has 0 aliphatic carbocycles. The van der Waals surface area contributed by atoms with Crippen LogP contribution in [0.25, 0.3) is 0 Å². The van der Waals surface area contributed by atoms with Gasteiger partial charge in [-0.1, -0.05) is 0 Å². The van der Waals surface area contributed by atoms with E-state index in [0.717, 1.165) is 0 Å². The lowest BCUT2D eigenvalue weighted by atomic mass is 10.0. The van der Waals surface area contributed by atoms with Crippen molar-refractivity contribution >= 4 is 11.9 Å². The highest BCUT2D eigenvalue weighted by atomic mass is 16.6. The molecule has 1 unspecified atom stereocenters. The highest BCUT2D eigenvalue weighted by Gasteiger charge is 2.35. The zero-order valence-corrected chi connectivity index (χ0v) is 9.58. The molecular formula is C10H17NO5. The van der Waals surface area contributed by atoms with E-state index in [2.05, 4.69) is 10.1 Å². The normalized spacial score (nSPS) is 24.1. The number of amides is 1. The number of nitrogens with one attached hydrogen (secondary N) is 1. The summed E-state index contributed by atoms with van der Waals surface area (Å²) in [6.07, 6.45) is 0.701. The van der Waals surface area contributed by atoms with Crippen molar-refractivity contribution in [1.82, 2.24) is 5.32 Å². The van der Waals surface area contributed by atoms with Crippen LogP contribution in [0.5, 0.6) is 0 Å². The van der Waals surface area contributed by atoms with Crippen LogP contribution in [0, 0.1) is 0 Å². The first-order valence-electron chi connectivity index (χ1n) is 5.21. The van der Waals surface area contributed by atoms with Crippen molar-refractivity contribution in [2.75, 3.05) is 33.5 Å². The number of ether oxygens (including phenoxy) is 3. The van der Waals surface area contributed by atoms with Crippen LogP contribution in [0.2, 0.25) is 0 Å². The Hall–Kier alpha value is -1.14. The number of carbonyl (C=O) groups is 2. The Morgan fingerprint density at radius 2 is 2.25 bits per heavy atom. The van der Waals surface area contributed by atoms with Crippen molar-refractivity contribution in [3.63, 3.8) is 0 Å². The molecule has 0 radical (unpaired) electrons. The maximum absolute atomic E-state index is 11.3. The summed E-state index contributed by atoms with van der Waals surface area (Å²) >= 11 is 0. The molecule has 0 aromatic heterocycles. The number of hydrogen-bond acceptors (Lipinski definition) is 5. The molecule has 1 fully saturated rings. The third kappa shape index (κ3) is 3.18. The molecule has 1 N–H and O–H groups in total. The summed E-state index contributed by atoms with van der Waals surface area (Å²) in [7, 11) is 1.56. The van der Waals surface area contributed by atoms with Crippen LogP contribution < -0.4 is 5.32 Å². The minimum atomic E-state index is -0.868. The molecule has 6 nitrogen and oxygen atoms in total. The molecule has 1 aliphatic rings. The zero-order valence-electron chi connectivity index (χ0n) is 9.58. The Kier molecular flexibility index (Phi) is 4.70. The second-order valence-corrected chi connectivity index (χ2v) is 3.59. The molecule has 6 heteroatoms. The van der Waals surface area contributed by atoms with Crippen LogP contribution in [-0.2, 0) is 23.8 Å². The number of hydrogen-bond donors (Lipinski definition) is 1. The smallest absolute Gasteiger partial charge is 0.396 e. The van der Waals surface area contributed by atoms with Gasteiger partial charge in [-0.2, -0.15) is 0 Å².